The first-order valence-electron chi connectivity index (χ1n) is 9.25. The van der Waals surface area contributed by atoms with E-state index in [4.69, 9.17) is 9.84 Å². The van der Waals surface area contributed by atoms with Gasteiger partial charge in [-0.15, -0.1) is 0 Å². The van der Waals surface area contributed by atoms with E-state index in [9.17, 15) is 19.2 Å². The van der Waals surface area contributed by atoms with Crippen LogP contribution >= 0.6 is 0 Å². The number of cyclic esters (lactones) is 1. The Balaban J connectivity index is 2.30. The monoisotopic (exact) mass is 403 g/mol. The van der Waals surface area contributed by atoms with Crippen molar-refractivity contribution >= 4 is 23.9 Å². The molecule has 0 aromatic heterocycles. The number of amides is 3. The minimum absolute atomic E-state index is 0.192. The lowest BCUT2D eigenvalue weighted by Gasteiger charge is -2.26. The van der Waals surface area contributed by atoms with Crippen LogP contribution in [0.25, 0.3) is 0 Å². The number of benzene rings is 1. The zero-order valence-electron chi connectivity index (χ0n) is 16.3. The van der Waals surface area contributed by atoms with Crippen molar-refractivity contribution in [1.82, 2.24) is 16.0 Å². The summed E-state index contributed by atoms with van der Waals surface area (Å²) < 4.78 is 5.23. The predicted molar refractivity (Wildman–Crippen MR) is 104 cm³/mol. The molecule has 0 saturated heterocycles. The van der Waals surface area contributed by atoms with E-state index >= 15 is 0 Å². The molecule has 1 aromatic carbocycles. The molecule has 0 unspecified atom stereocenters. The van der Waals surface area contributed by atoms with Gasteiger partial charge in [-0.1, -0.05) is 50.3 Å². The molecule has 3 atom stereocenters. The molecule has 0 fully saturated rings. The highest BCUT2D eigenvalue weighted by Crippen LogP contribution is 2.09. The Bertz CT molecular complexity index is 778. The van der Waals surface area contributed by atoms with Gasteiger partial charge < -0.3 is 25.8 Å². The van der Waals surface area contributed by atoms with Crippen molar-refractivity contribution in [2.24, 2.45) is 5.92 Å². The first-order valence-corrected chi connectivity index (χ1v) is 9.25. The summed E-state index contributed by atoms with van der Waals surface area (Å²) in [5.74, 6) is -1.98. The lowest BCUT2D eigenvalue weighted by molar-refractivity contribution is -0.148. The number of ether oxygens (including phenoxy) is 1. The smallest absolute Gasteiger partial charge is 0.405 e. The Kier molecular flexibility index (Phi) is 7.76. The van der Waals surface area contributed by atoms with Crippen LogP contribution in [-0.4, -0.2) is 53.7 Å². The van der Waals surface area contributed by atoms with Gasteiger partial charge >= 0.3 is 12.1 Å². The van der Waals surface area contributed by atoms with Gasteiger partial charge in [0, 0.05) is 12.5 Å². The highest BCUT2D eigenvalue weighted by Gasteiger charge is 2.30. The van der Waals surface area contributed by atoms with Gasteiger partial charge in [0.25, 0.3) is 0 Å². The second kappa shape index (κ2) is 10.3. The molecule has 4 N–H and O–H groups in total. The minimum atomic E-state index is -1.32. The van der Waals surface area contributed by atoms with Gasteiger partial charge in [0.05, 0.1) is 6.04 Å². The molecule has 0 spiro atoms. The summed E-state index contributed by atoms with van der Waals surface area (Å²) in [5, 5.41) is 16.4. The van der Waals surface area contributed by atoms with Crippen molar-refractivity contribution in [2.45, 2.75) is 38.4 Å². The van der Waals surface area contributed by atoms with E-state index in [0.717, 1.165) is 11.6 Å². The van der Waals surface area contributed by atoms with Crippen LogP contribution in [0.2, 0.25) is 0 Å². The highest BCUT2D eigenvalue weighted by molar-refractivity contribution is 5.94. The molecule has 29 heavy (non-hydrogen) atoms. The van der Waals surface area contributed by atoms with Crippen molar-refractivity contribution in [3.8, 4) is 0 Å². The molecule has 9 heteroatoms. The molecule has 1 aliphatic heterocycles. The summed E-state index contributed by atoms with van der Waals surface area (Å²) in [6.07, 6.45) is 1.26. The van der Waals surface area contributed by atoms with E-state index in [1.807, 2.05) is 30.3 Å². The van der Waals surface area contributed by atoms with E-state index in [1.54, 1.807) is 13.8 Å². The first-order chi connectivity index (χ1) is 13.8. The molecule has 2 rings (SSSR count). The summed E-state index contributed by atoms with van der Waals surface area (Å²) in [6, 6.07) is 6.32. The fourth-order valence-corrected chi connectivity index (χ4v) is 2.82. The third kappa shape index (κ3) is 6.95. The maximum absolute atomic E-state index is 12.7. The van der Waals surface area contributed by atoms with Crippen LogP contribution in [0.1, 0.15) is 19.4 Å². The fraction of sp³-hybridized carbons (Fsp3) is 0.400. The summed E-state index contributed by atoms with van der Waals surface area (Å²) >= 11 is 0. The molecular weight excluding hydrogens is 378 g/mol. The molecular formula is C20H25N3O6. The zero-order chi connectivity index (χ0) is 21.4. The molecule has 1 aromatic rings. The van der Waals surface area contributed by atoms with Crippen molar-refractivity contribution in [3.63, 3.8) is 0 Å². The number of nitrogens with one attached hydrogen (secondary N) is 3. The van der Waals surface area contributed by atoms with E-state index in [1.165, 1.54) is 6.08 Å². The van der Waals surface area contributed by atoms with Crippen LogP contribution < -0.4 is 16.0 Å². The molecule has 156 valence electrons. The molecule has 1 heterocycles. The third-order valence-corrected chi connectivity index (χ3v) is 4.32. The normalized spacial score (nSPS) is 24.4. The lowest BCUT2D eigenvalue weighted by atomic mass is 10.0. The molecule has 0 bridgehead atoms. The average Bonchev–Trinajstić information content (AvgIpc) is 2.66. The number of carbonyl (C=O) groups is 4. The molecule has 3 amide bonds. The molecule has 9 nitrogen and oxygen atoms in total. The van der Waals surface area contributed by atoms with E-state index in [0.29, 0.717) is 0 Å². The molecule has 0 radical (unpaired) electrons. The van der Waals surface area contributed by atoms with Crippen molar-refractivity contribution < 1.29 is 29.0 Å². The van der Waals surface area contributed by atoms with Gasteiger partial charge in [-0.2, -0.15) is 0 Å². The second-order valence-electron chi connectivity index (χ2n) is 7.03. The summed E-state index contributed by atoms with van der Waals surface area (Å²) in [5.41, 5.74) is 0.812. The number of rotatable bonds is 4. The Morgan fingerprint density at radius 2 is 1.90 bits per heavy atom. The minimum Gasteiger partial charge on any atom is -0.465 e. The van der Waals surface area contributed by atoms with Gasteiger partial charge in [-0.3, -0.25) is 9.59 Å². The van der Waals surface area contributed by atoms with Crippen LogP contribution in [0.15, 0.2) is 42.5 Å². The summed E-state index contributed by atoms with van der Waals surface area (Å²) in [4.78, 5) is 48.5. The van der Waals surface area contributed by atoms with Gasteiger partial charge in [-0.05, 0) is 11.5 Å². The van der Waals surface area contributed by atoms with Crippen LogP contribution in [0.4, 0.5) is 4.79 Å². The lowest BCUT2D eigenvalue weighted by Crippen LogP contribution is -2.55. The molecule has 1 aliphatic rings. The maximum Gasteiger partial charge on any atom is 0.405 e. The maximum atomic E-state index is 12.7. The topological polar surface area (TPSA) is 134 Å². The Morgan fingerprint density at radius 1 is 1.21 bits per heavy atom. The molecule has 0 saturated carbocycles. The number of hydrogen-bond acceptors (Lipinski definition) is 5. The average molecular weight is 403 g/mol. The van der Waals surface area contributed by atoms with Crippen LogP contribution in [0.3, 0.4) is 0 Å². The molecule has 0 aliphatic carbocycles. The Hall–Kier alpha value is -3.36. The van der Waals surface area contributed by atoms with Crippen molar-refractivity contribution in [2.75, 3.05) is 6.61 Å². The van der Waals surface area contributed by atoms with E-state index in [-0.39, 0.29) is 18.9 Å². The van der Waals surface area contributed by atoms with Crippen molar-refractivity contribution in [3.05, 3.63) is 48.0 Å². The van der Waals surface area contributed by atoms with Gasteiger partial charge in [0.2, 0.25) is 11.8 Å². The zero-order valence-corrected chi connectivity index (χ0v) is 16.3. The van der Waals surface area contributed by atoms with Crippen LogP contribution in [-0.2, 0) is 25.5 Å². The van der Waals surface area contributed by atoms with Crippen LogP contribution in [0, 0.1) is 5.92 Å². The number of esters is 1. The van der Waals surface area contributed by atoms with Gasteiger partial charge in [0.1, 0.15) is 18.7 Å². The number of hydrogen-bond donors (Lipinski definition) is 4. The summed E-state index contributed by atoms with van der Waals surface area (Å²) in [7, 11) is 0. The van der Waals surface area contributed by atoms with Gasteiger partial charge in [-0.25, -0.2) is 9.59 Å². The number of carbonyl (C=O) groups excluding carboxylic acids is 3. The third-order valence-electron chi connectivity index (χ3n) is 4.32. The number of carboxylic acid groups (broad SMARTS) is 1. The van der Waals surface area contributed by atoms with Gasteiger partial charge in [0.15, 0.2) is 0 Å². The van der Waals surface area contributed by atoms with E-state index < -0.39 is 42.0 Å². The van der Waals surface area contributed by atoms with Crippen LogP contribution in [0.5, 0.6) is 0 Å². The van der Waals surface area contributed by atoms with E-state index in [2.05, 4.69) is 16.0 Å². The standard InChI is InChI=1S/C20H25N3O6/c1-12(2)17-18(25)22-15(10-13-6-4-3-5-7-13)19(26)29-11-14(21-20(27)28)8-9-16(24)23-17/h3-9,12,14-15,17,21H,10-11H2,1-2H3,(H,22,25)(H,23,24)(H,27,28)/b9-8+/t14-,15+,17+/m1/s1. The quantitative estimate of drug-likeness (QED) is 0.544. The Morgan fingerprint density at radius 3 is 2.52 bits per heavy atom. The predicted octanol–water partition coefficient (Wildman–Crippen LogP) is 0.604. The second-order valence-corrected chi connectivity index (χ2v) is 7.03. The highest BCUT2D eigenvalue weighted by atomic mass is 16.5. The largest absolute Gasteiger partial charge is 0.465 e. The summed E-state index contributed by atoms with van der Waals surface area (Å²) in [6.45, 7) is 3.21. The fourth-order valence-electron chi connectivity index (χ4n) is 2.82. The SMILES string of the molecule is CC(C)[C@@H]1NC(=O)/C=C/[C@@H](NC(=O)O)COC(=O)[C@H](Cc2ccccc2)NC1=O. The Labute approximate surface area is 168 Å². The van der Waals surface area contributed by atoms with Crippen molar-refractivity contribution in [1.29, 1.82) is 0 Å². The first kappa shape index (κ1) is 21.9.